The summed E-state index contributed by atoms with van der Waals surface area (Å²) in [6.45, 7) is 2.47. The molecule has 214 valence electrons. The second-order valence-corrected chi connectivity index (χ2v) is 12.3. The minimum absolute atomic E-state index is 0.135. The average Bonchev–Trinajstić information content (AvgIpc) is 3.16. The smallest absolute Gasteiger partial charge is 0.384 e. The van der Waals surface area contributed by atoms with Crippen molar-refractivity contribution in [3.63, 3.8) is 0 Å². The zero-order chi connectivity index (χ0) is 28.9. The van der Waals surface area contributed by atoms with Crippen molar-refractivity contribution < 1.29 is 23.1 Å². The molecule has 0 saturated carbocycles. The van der Waals surface area contributed by atoms with Crippen molar-refractivity contribution in [2.45, 2.75) is 49.8 Å². The number of rotatable bonds is 12. The normalized spacial score (nSPS) is 18.3. The third-order valence-electron chi connectivity index (χ3n) is 6.77. The van der Waals surface area contributed by atoms with Crippen LogP contribution in [0.15, 0.2) is 70.8 Å². The fourth-order valence-electron chi connectivity index (χ4n) is 4.84. The quantitative estimate of drug-likeness (QED) is 0.194. The number of aromatic nitrogens is 1. The van der Waals surface area contributed by atoms with Crippen LogP contribution in [-0.4, -0.2) is 51.2 Å². The third-order valence-corrected chi connectivity index (χ3v) is 8.72. The Hall–Kier alpha value is -2.27. The molecule has 0 bridgehead atoms. The van der Waals surface area contributed by atoms with Crippen molar-refractivity contribution in [1.29, 1.82) is 0 Å². The lowest BCUT2D eigenvalue weighted by atomic mass is 10.0. The Morgan fingerprint density at radius 2 is 1.85 bits per heavy atom. The Balaban J connectivity index is 1.38. The summed E-state index contributed by atoms with van der Waals surface area (Å²) in [5.74, 6) is -0.595. The molecule has 1 amide bonds. The SMILES string of the molecule is CCSC(C1=CC(O)(c2ccc(Br)cc2)N(CCCCCCNc2ccnc3cc(Cl)ccc23)C1=O)C(F)(F)F. The minimum Gasteiger partial charge on any atom is -0.384 e. The molecule has 2 unspecified atom stereocenters. The molecular weight excluding hydrogens is 627 g/mol. The van der Waals surface area contributed by atoms with E-state index >= 15 is 0 Å². The van der Waals surface area contributed by atoms with Gasteiger partial charge in [-0.2, -0.15) is 13.2 Å². The third kappa shape index (κ3) is 6.95. The van der Waals surface area contributed by atoms with Gasteiger partial charge < -0.3 is 15.3 Å². The maximum absolute atomic E-state index is 13.9. The molecule has 11 heteroatoms. The van der Waals surface area contributed by atoms with Gasteiger partial charge in [0.1, 0.15) is 5.25 Å². The summed E-state index contributed by atoms with van der Waals surface area (Å²) in [4.78, 5) is 18.8. The maximum Gasteiger partial charge on any atom is 0.404 e. The van der Waals surface area contributed by atoms with Crippen LogP contribution in [0, 0.1) is 0 Å². The van der Waals surface area contributed by atoms with Crippen molar-refractivity contribution in [3.8, 4) is 0 Å². The van der Waals surface area contributed by atoms with Gasteiger partial charge in [0.2, 0.25) is 0 Å². The molecule has 1 aliphatic heterocycles. The summed E-state index contributed by atoms with van der Waals surface area (Å²) < 4.78 is 42.4. The Kier molecular flexibility index (Phi) is 10.1. The van der Waals surface area contributed by atoms with Crippen LogP contribution in [0.4, 0.5) is 18.9 Å². The second kappa shape index (κ2) is 13.1. The van der Waals surface area contributed by atoms with E-state index in [1.807, 2.05) is 24.3 Å². The van der Waals surface area contributed by atoms with Crippen LogP contribution in [0.3, 0.4) is 0 Å². The van der Waals surface area contributed by atoms with E-state index in [0.717, 1.165) is 52.9 Å². The first-order chi connectivity index (χ1) is 19.0. The number of hydrogen-bond acceptors (Lipinski definition) is 5. The molecule has 2 atom stereocenters. The predicted octanol–water partition coefficient (Wildman–Crippen LogP) is 7.92. The highest BCUT2D eigenvalue weighted by atomic mass is 79.9. The molecule has 3 aromatic rings. The molecule has 2 heterocycles. The Bertz CT molecular complexity index is 1370. The molecule has 0 saturated heterocycles. The van der Waals surface area contributed by atoms with Crippen molar-refractivity contribution in [3.05, 3.63) is 81.4 Å². The zero-order valence-corrected chi connectivity index (χ0v) is 25.0. The van der Waals surface area contributed by atoms with Crippen LogP contribution in [0.1, 0.15) is 38.2 Å². The molecule has 4 rings (SSSR count). The molecule has 0 fully saturated rings. The number of carbonyl (C=O) groups is 1. The highest BCUT2D eigenvalue weighted by Gasteiger charge is 2.53. The van der Waals surface area contributed by atoms with E-state index in [4.69, 9.17) is 11.6 Å². The van der Waals surface area contributed by atoms with Crippen molar-refractivity contribution >= 4 is 61.8 Å². The molecule has 0 spiro atoms. The largest absolute Gasteiger partial charge is 0.404 e. The van der Waals surface area contributed by atoms with Crippen molar-refractivity contribution in [2.24, 2.45) is 0 Å². The van der Waals surface area contributed by atoms with Crippen LogP contribution in [-0.2, 0) is 10.5 Å². The van der Waals surface area contributed by atoms with Gasteiger partial charge in [-0.1, -0.05) is 59.4 Å². The van der Waals surface area contributed by atoms with Crippen LogP contribution in [0.25, 0.3) is 10.9 Å². The van der Waals surface area contributed by atoms with Crippen LogP contribution in [0.2, 0.25) is 5.02 Å². The number of carbonyl (C=O) groups excluding carboxylic acids is 1. The molecule has 2 aromatic carbocycles. The highest BCUT2D eigenvalue weighted by Crippen LogP contribution is 2.44. The first-order valence-corrected chi connectivity index (χ1v) is 15.3. The summed E-state index contributed by atoms with van der Waals surface area (Å²) >= 11 is 10.0. The lowest BCUT2D eigenvalue weighted by molar-refractivity contribution is -0.147. The molecule has 2 N–H and O–H groups in total. The number of halogens is 5. The molecular formula is C29H30BrClF3N3O2S. The number of hydrogen-bond donors (Lipinski definition) is 2. The van der Waals surface area contributed by atoms with Crippen LogP contribution in [0.5, 0.6) is 0 Å². The van der Waals surface area contributed by atoms with E-state index in [9.17, 15) is 23.1 Å². The first kappa shape index (κ1) is 30.7. The van der Waals surface area contributed by atoms with Gasteiger partial charge in [-0.25, -0.2) is 0 Å². The molecule has 1 aliphatic rings. The lowest BCUT2D eigenvalue weighted by Crippen LogP contribution is -2.45. The number of fused-ring (bicyclic) bond motifs is 1. The van der Waals surface area contributed by atoms with Crippen molar-refractivity contribution in [2.75, 3.05) is 24.2 Å². The van der Waals surface area contributed by atoms with Crippen LogP contribution >= 0.6 is 39.3 Å². The van der Waals surface area contributed by atoms with E-state index in [-0.39, 0.29) is 12.3 Å². The van der Waals surface area contributed by atoms with Gasteiger partial charge in [0.25, 0.3) is 5.91 Å². The monoisotopic (exact) mass is 655 g/mol. The summed E-state index contributed by atoms with van der Waals surface area (Å²) in [6, 6.07) is 14.1. The molecule has 5 nitrogen and oxygen atoms in total. The standard InChI is InChI=1S/C29H30BrClF3N3O2S/c1-2-40-26(29(32,33)34)23-18-28(39,19-7-9-20(30)10-8-19)37(27(23)38)16-6-4-3-5-14-35-24-13-15-36-25-17-21(31)11-12-22(24)25/h7-13,15,17-18,26,39H,2-6,14,16H2,1H3,(H,35,36). The zero-order valence-electron chi connectivity index (χ0n) is 21.8. The van der Waals surface area contributed by atoms with E-state index in [1.165, 1.54) is 4.90 Å². The number of benzene rings is 2. The second-order valence-electron chi connectivity index (χ2n) is 9.53. The van der Waals surface area contributed by atoms with E-state index in [1.54, 1.807) is 37.4 Å². The minimum atomic E-state index is -4.61. The fraction of sp³-hybridized carbons (Fsp3) is 0.379. The number of nitrogens with zero attached hydrogens (tertiary/aromatic N) is 2. The molecule has 0 radical (unpaired) electrons. The molecule has 40 heavy (non-hydrogen) atoms. The van der Waals surface area contributed by atoms with Gasteiger partial charge in [-0.15, -0.1) is 11.8 Å². The topological polar surface area (TPSA) is 65.5 Å². The summed E-state index contributed by atoms with van der Waals surface area (Å²) in [5.41, 5.74) is -0.246. The van der Waals surface area contributed by atoms with E-state index in [0.29, 0.717) is 28.8 Å². The number of aliphatic hydroxyl groups is 1. The number of anilines is 1. The predicted molar refractivity (Wildman–Crippen MR) is 160 cm³/mol. The summed E-state index contributed by atoms with van der Waals surface area (Å²) in [6.07, 6.45) is 1.20. The molecule has 0 aliphatic carbocycles. The van der Waals surface area contributed by atoms with Gasteiger partial charge in [0, 0.05) is 51.0 Å². The van der Waals surface area contributed by atoms with Gasteiger partial charge in [0.15, 0.2) is 5.72 Å². The van der Waals surface area contributed by atoms with Crippen molar-refractivity contribution in [1.82, 2.24) is 9.88 Å². The number of pyridine rings is 1. The maximum atomic E-state index is 13.9. The van der Waals surface area contributed by atoms with Gasteiger partial charge in [-0.05, 0) is 61.1 Å². The Labute approximate surface area is 249 Å². The summed E-state index contributed by atoms with van der Waals surface area (Å²) in [5, 5.41) is 14.7. The van der Waals surface area contributed by atoms with Gasteiger partial charge in [-0.3, -0.25) is 9.78 Å². The van der Waals surface area contributed by atoms with Gasteiger partial charge in [0.05, 0.1) is 5.52 Å². The lowest BCUT2D eigenvalue weighted by Gasteiger charge is -2.34. The highest BCUT2D eigenvalue weighted by molar-refractivity contribution is 9.10. The van der Waals surface area contributed by atoms with E-state index < -0.39 is 28.6 Å². The van der Waals surface area contributed by atoms with Crippen LogP contribution < -0.4 is 5.32 Å². The summed E-state index contributed by atoms with van der Waals surface area (Å²) in [7, 11) is 0. The number of alkyl halides is 3. The fourth-order valence-corrected chi connectivity index (χ4v) is 6.14. The number of thioether (sulfide) groups is 1. The van der Waals surface area contributed by atoms with Gasteiger partial charge >= 0.3 is 6.18 Å². The first-order valence-electron chi connectivity index (χ1n) is 13.0. The average molecular weight is 657 g/mol. The number of amides is 1. The Morgan fingerprint density at radius 1 is 1.12 bits per heavy atom. The number of unbranched alkanes of at least 4 members (excludes halogenated alkanes) is 3. The number of nitrogens with one attached hydrogen (secondary N) is 1. The Morgan fingerprint density at radius 3 is 2.55 bits per heavy atom. The van der Waals surface area contributed by atoms with E-state index in [2.05, 4.69) is 26.2 Å². The molecule has 1 aromatic heterocycles.